The molecule has 1 aromatic carbocycles. The minimum absolute atomic E-state index is 0.0444. The Kier molecular flexibility index (Phi) is 4.90. The van der Waals surface area contributed by atoms with E-state index >= 15 is 0 Å². The van der Waals surface area contributed by atoms with Gasteiger partial charge in [0.2, 0.25) is 0 Å². The summed E-state index contributed by atoms with van der Waals surface area (Å²) in [5.41, 5.74) is 0.649. The van der Waals surface area contributed by atoms with Crippen molar-refractivity contribution < 1.29 is 4.92 Å². The maximum atomic E-state index is 10.5. The van der Waals surface area contributed by atoms with Gasteiger partial charge in [-0.1, -0.05) is 0 Å². The molecule has 92 valence electrons. The molecule has 0 aliphatic carbocycles. The van der Waals surface area contributed by atoms with Crippen LogP contribution in [0.2, 0.25) is 0 Å². The molecular formula is C11H14ClN3O2. The molecule has 17 heavy (non-hydrogen) atoms. The summed E-state index contributed by atoms with van der Waals surface area (Å²) in [6, 6.07) is 5.96. The van der Waals surface area contributed by atoms with E-state index in [0.717, 1.165) is 13.1 Å². The largest absolute Gasteiger partial charge is 0.348 e. The van der Waals surface area contributed by atoms with Crippen molar-refractivity contribution in [1.82, 2.24) is 4.90 Å². The molecule has 0 radical (unpaired) electrons. The summed E-state index contributed by atoms with van der Waals surface area (Å²) < 4.78 is 0. The number of hydrogen-bond acceptors (Lipinski definition) is 3. The lowest BCUT2D eigenvalue weighted by atomic mass is 10.3. The first kappa shape index (κ1) is 13.4. The molecule has 0 N–H and O–H groups in total. The van der Waals surface area contributed by atoms with Crippen molar-refractivity contribution in [2.75, 3.05) is 13.1 Å². The predicted octanol–water partition coefficient (Wildman–Crippen LogP) is 3.16. The highest BCUT2D eigenvalue weighted by Crippen LogP contribution is 2.19. The van der Waals surface area contributed by atoms with Gasteiger partial charge < -0.3 is 4.90 Å². The third-order valence-corrected chi connectivity index (χ3v) is 2.63. The highest BCUT2D eigenvalue weighted by atomic mass is 35.5. The predicted molar refractivity (Wildman–Crippen MR) is 69.0 cm³/mol. The monoisotopic (exact) mass is 255 g/mol. The Morgan fingerprint density at radius 3 is 2.29 bits per heavy atom. The second kappa shape index (κ2) is 6.20. The summed E-state index contributed by atoms with van der Waals surface area (Å²) in [7, 11) is 0. The number of benzene rings is 1. The van der Waals surface area contributed by atoms with E-state index < -0.39 is 4.92 Å². The fourth-order valence-electron chi connectivity index (χ4n) is 1.31. The molecule has 0 aromatic heterocycles. The number of nitro groups is 1. The van der Waals surface area contributed by atoms with Crippen LogP contribution in [-0.4, -0.2) is 28.2 Å². The van der Waals surface area contributed by atoms with E-state index in [1.54, 1.807) is 12.1 Å². The second-order valence-electron chi connectivity index (χ2n) is 3.33. The smallest absolute Gasteiger partial charge is 0.269 e. The van der Waals surface area contributed by atoms with Crippen LogP contribution in [0, 0.1) is 10.1 Å². The Morgan fingerprint density at radius 1 is 1.35 bits per heavy atom. The summed E-state index contributed by atoms with van der Waals surface area (Å²) in [5, 5.41) is 10.9. The van der Waals surface area contributed by atoms with Crippen LogP contribution < -0.4 is 0 Å². The van der Waals surface area contributed by atoms with Gasteiger partial charge in [-0.15, -0.1) is 0 Å². The third kappa shape index (κ3) is 3.71. The van der Waals surface area contributed by atoms with Gasteiger partial charge in [0.25, 0.3) is 5.69 Å². The van der Waals surface area contributed by atoms with Gasteiger partial charge in [0.05, 0.1) is 10.6 Å². The normalized spacial score (nSPS) is 11.4. The van der Waals surface area contributed by atoms with Crippen LogP contribution in [0.15, 0.2) is 29.3 Å². The number of rotatable bonds is 4. The SMILES string of the molecule is CCN(CC)C(Cl)=Nc1ccc([N+](=O)[O-])cc1. The van der Waals surface area contributed by atoms with Crippen LogP contribution in [0.5, 0.6) is 0 Å². The fourth-order valence-corrected chi connectivity index (χ4v) is 1.65. The highest BCUT2D eigenvalue weighted by molar-refractivity contribution is 6.64. The van der Waals surface area contributed by atoms with E-state index in [1.165, 1.54) is 12.1 Å². The Bertz CT molecular complexity index is 413. The van der Waals surface area contributed by atoms with Gasteiger partial charge in [0, 0.05) is 25.2 Å². The molecule has 0 aliphatic heterocycles. The Balaban J connectivity index is 2.87. The lowest BCUT2D eigenvalue weighted by molar-refractivity contribution is -0.384. The molecule has 0 spiro atoms. The third-order valence-electron chi connectivity index (χ3n) is 2.31. The maximum Gasteiger partial charge on any atom is 0.269 e. The molecule has 0 unspecified atom stereocenters. The van der Waals surface area contributed by atoms with E-state index in [-0.39, 0.29) is 5.69 Å². The number of non-ortho nitro benzene ring substituents is 1. The van der Waals surface area contributed by atoms with Crippen LogP contribution in [0.4, 0.5) is 11.4 Å². The quantitative estimate of drug-likeness (QED) is 0.273. The highest BCUT2D eigenvalue weighted by Gasteiger charge is 2.06. The van der Waals surface area contributed by atoms with Gasteiger partial charge >= 0.3 is 0 Å². The number of aliphatic imine (C=N–C) groups is 1. The van der Waals surface area contributed by atoms with Gasteiger partial charge in [-0.25, -0.2) is 4.99 Å². The van der Waals surface area contributed by atoms with Gasteiger partial charge in [-0.3, -0.25) is 10.1 Å². The summed E-state index contributed by atoms with van der Waals surface area (Å²) in [6.45, 7) is 5.51. The molecule has 0 atom stereocenters. The van der Waals surface area contributed by atoms with Crippen molar-refractivity contribution in [3.63, 3.8) is 0 Å². The van der Waals surface area contributed by atoms with Crippen molar-refractivity contribution in [3.05, 3.63) is 34.4 Å². The summed E-state index contributed by atoms with van der Waals surface area (Å²) in [5.74, 6) is 0. The van der Waals surface area contributed by atoms with Gasteiger partial charge in [0.15, 0.2) is 5.29 Å². The van der Waals surface area contributed by atoms with Crippen molar-refractivity contribution in [2.24, 2.45) is 4.99 Å². The van der Waals surface area contributed by atoms with Crippen LogP contribution in [0.3, 0.4) is 0 Å². The first-order chi connectivity index (χ1) is 8.08. The zero-order chi connectivity index (χ0) is 12.8. The molecule has 0 heterocycles. The van der Waals surface area contributed by atoms with Crippen molar-refractivity contribution in [3.8, 4) is 0 Å². The summed E-state index contributed by atoms with van der Waals surface area (Å²) in [4.78, 5) is 16.1. The average molecular weight is 256 g/mol. The van der Waals surface area contributed by atoms with Crippen LogP contribution >= 0.6 is 11.6 Å². The maximum absolute atomic E-state index is 10.5. The zero-order valence-corrected chi connectivity index (χ0v) is 10.5. The zero-order valence-electron chi connectivity index (χ0n) is 9.76. The topological polar surface area (TPSA) is 58.7 Å². The van der Waals surface area contributed by atoms with E-state index in [2.05, 4.69) is 4.99 Å². The van der Waals surface area contributed by atoms with E-state index in [4.69, 9.17) is 11.6 Å². The number of nitrogens with zero attached hydrogens (tertiary/aromatic N) is 3. The van der Waals surface area contributed by atoms with Gasteiger partial charge in [-0.2, -0.15) is 0 Å². The second-order valence-corrected chi connectivity index (χ2v) is 3.66. The first-order valence-corrected chi connectivity index (χ1v) is 5.69. The molecule has 0 amide bonds. The summed E-state index contributed by atoms with van der Waals surface area (Å²) in [6.07, 6.45) is 0. The standard InChI is InChI=1S/C11H14ClN3O2/c1-3-14(4-2)11(12)13-9-5-7-10(8-6-9)15(16)17/h5-8H,3-4H2,1-2H3. The molecule has 1 rings (SSSR count). The Labute approximate surface area is 105 Å². The van der Waals surface area contributed by atoms with Gasteiger partial charge in [0.1, 0.15) is 0 Å². The van der Waals surface area contributed by atoms with Crippen molar-refractivity contribution in [2.45, 2.75) is 13.8 Å². The number of nitro benzene ring substituents is 1. The Morgan fingerprint density at radius 2 is 1.88 bits per heavy atom. The molecule has 6 heteroatoms. The molecule has 0 fully saturated rings. The van der Waals surface area contributed by atoms with E-state index in [1.807, 2.05) is 18.7 Å². The van der Waals surface area contributed by atoms with E-state index in [9.17, 15) is 10.1 Å². The number of halogens is 1. The molecule has 1 aromatic rings. The molecular weight excluding hydrogens is 242 g/mol. The number of hydrogen-bond donors (Lipinski definition) is 0. The van der Waals surface area contributed by atoms with Crippen molar-refractivity contribution in [1.29, 1.82) is 0 Å². The molecule has 0 bridgehead atoms. The van der Waals surface area contributed by atoms with Crippen LogP contribution in [-0.2, 0) is 0 Å². The van der Waals surface area contributed by atoms with Crippen molar-refractivity contribution >= 4 is 28.3 Å². The average Bonchev–Trinajstić information content (AvgIpc) is 2.31. The van der Waals surface area contributed by atoms with Crippen LogP contribution in [0.1, 0.15) is 13.8 Å². The lowest BCUT2D eigenvalue weighted by Gasteiger charge is -2.17. The number of amidine groups is 1. The first-order valence-electron chi connectivity index (χ1n) is 5.32. The molecule has 0 aliphatic rings. The van der Waals surface area contributed by atoms with E-state index in [0.29, 0.717) is 11.0 Å². The minimum Gasteiger partial charge on any atom is -0.348 e. The lowest BCUT2D eigenvalue weighted by Crippen LogP contribution is -2.26. The molecule has 5 nitrogen and oxygen atoms in total. The van der Waals surface area contributed by atoms with Gasteiger partial charge in [-0.05, 0) is 37.6 Å². The Hall–Kier alpha value is -1.62. The van der Waals surface area contributed by atoms with Crippen LogP contribution in [0.25, 0.3) is 0 Å². The minimum atomic E-state index is -0.445. The fraction of sp³-hybridized carbons (Fsp3) is 0.364. The molecule has 0 saturated carbocycles. The summed E-state index contributed by atoms with van der Waals surface area (Å²) >= 11 is 6.03. The molecule has 0 saturated heterocycles.